The molecule has 200 valence electrons. The van der Waals surface area contributed by atoms with Crippen LogP contribution in [0.5, 0.6) is 0 Å². The molecule has 10 atom stereocenters. The van der Waals surface area contributed by atoms with Gasteiger partial charge in [-0.3, -0.25) is 4.90 Å². The molecular weight excluding hydrogens is 416 g/mol. The minimum Gasteiger partial charge on any atom is -0.397 e. The fourth-order valence-electron chi connectivity index (χ4n) is 12.2. The Hall–Kier alpha value is -0.120. The molecule has 0 aromatic carbocycles. The molecule has 2 N–H and O–H groups in total. The van der Waals surface area contributed by atoms with Crippen molar-refractivity contribution >= 4 is 0 Å². The zero-order valence-electron chi connectivity index (χ0n) is 24.2. The van der Waals surface area contributed by atoms with E-state index in [2.05, 4.69) is 72.8 Å². The predicted octanol–water partition coefficient (Wildman–Crippen LogP) is 6.84. The molecule has 0 saturated heterocycles. The van der Waals surface area contributed by atoms with E-state index in [-0.39, 0.29) is 15.0 Å². The molecule has 3 heteroatoms. The Kier molecular flexibility index (Phi) is 5.61. The molecule has 0 aliphatic heterocycles. The number of hydrogen-bond donors (Lipinski definition) is 2. The molecule has 3 nitrogen and oxygen atoms in total. The second-order valence-corrected chi connectivity index (χ2v) is 15.5. The Morgan fingerprint density at radius 1 is 1.06 bits per heavy atom. The van der Waals surface area contributed by atoms with Crippen LogP contribution in [0.25, 0.3) is 0 Å². The van der Waals surface area contributed by atoms with Crippen molar-refractivity contribution < 1.29 is 7.96 Å². The van der Waals surface area contributed by atoms with Crippen molar-refractivity contribution in [3.05, 3.63) is 0 Å². The second kappa shape index (κ2) is 7.47. The molecule has 0 aromatic heterocycles. The largest absolute Gasteiger partial charge is 0.397 e. The Morgan fingerprint density at radius 3 is 2.29 bits per heavy atom. The Labute approximate surface area is 214 Å². The molecule has 0 heterocycles. The highest BCUT2D eigenvalue weighted by Gasteiger charge is 2.93. The highest BCUT2D eigenvalue weighted by atomic mass is 16.2. The molecule has 0 radical (unpaired) electrons. The van der Waals surface area contributed by atoms with Crippen LogP contribution < -0.4 is 5.32 Å². The summed E-state index contributed by atoms with van der Waals surface area (Å²) >= 11 is 0. The summed E-state index contributed by atoms with van der Waals surface area (Å²) in [5, 5.41) is 11.2. The zero-order chi connectivity index (χ0) is 25.1. The first-order chi connectivity index (χ1) is 15.7. The van der Waals surface area contributed by atoms with E-state index in [9.17, 15) is 0 Å². The van der Waals surface area contributed by atoms with Gasteiger partial charge in [-0.15, -0.1) is 0 Å². The van der Waals surface area contributed by atoms with Crippen LogP contribution in [0.1, 0.15) is 110 Å². The SMILES string of the molecule is CCO.CN[C@@H](C)C1CC[C@]23C4C[C@H]5C(C)(C)[C@@H](N(C)C(C)(C)C)CCC56CC6(CC[C@]12C)[C@@H]43.[HH].[HH]. The average Bonchev–Trinajstić information content (AvgIpc) is 3.57. The number of nitrogens with one attached hydrogen (secondary N) is 1. The van der Waals surface area contributed by atoms with Crippen LogP contribution in [0.3, 0.4) is 0 Å². The number of aliphatic hydroxyl groups excluding tert-OH is 1. The molecule has 6 fully saturated rings. The summed E-state index contributed by atoms with van der Waals surface area (Å²) in [6.45, 7) is 19.8. The first-order valence-corrected chi connectivity index (χ1v) is 14.8. The van der Waals surface area contributed by atoms with Crippen LogP contribution in [0, 0.1) is 50.7 Å². The van der Waals surface area contributed by atoms with Gasteiger partial charge in [-0.05, 0) is 151 Å². The monoisotopic (exact) mass is 476 g/mol. The average molecular weight is 477 g/mol. The topological polar surface area (TPSA) is 35.5 Å². The summed E-state index contributed by atoms with van der Waals surface area (Å²) < 4.78 is 0. The van der Waals surface area contributed by atoms with Gasteiger partial charge in [0.25, 0.3) is 0 Å². The Bertz CT molecular complexity index is 828. The smallest absolute Gasteiger partial charge is 0.0402 e. The maximum absolute atomic E-state index is 7.57. The predicted molar refractivity (Wildman–Crippen MR) is 147 cm³/mol. The van der Waals surface area contributed by atoms with Gasteiger partial charge >= 0.3 is 0 Å². The van der Waals surface area contributed by atoms with Gasteiger partial charge in [0, 0.05) is 27.1 Å². The van der Waals surface area contributed by atoms with Crippen LogP contribution in [0.15, 0.2) is 0 Å². The third kappa shape index (κ3) is 2.76. The van der Waals surface area contributed by atoms with Gasteiger partial charge in [-0.1, -0.05) is 20.8 Å². The van der Waals surface area contributed by atoms with Crippen molar-refractivity contribution in [1.29, 1.82) is 0 Å². The van der Waals surface area contributed by atoms with E-state index in [0.717, 1.165) is 35.1 Å². The molecule has 3 spiro atoms. The third-order valence-electron chi connectivity index (χ3n) is 13.8. The molecule has 6 aliphatic carbocycles. The molecule has 34 heavy (non-hydrogen) atoms. The lowest BCUT2D eigenvalue weighted by Gasteiger charge is -2.58. The van der Waals surface area contributed by atoms with Gasteiger partial charge in [0.15, 0.2) is 0 Å². The van der Waals surface area contributed by atoms with E-state index in [0.29, 0.717) is 27.7 Å². The van der Waals surface area contributed by atoms with Crippen molar-refractivity contribution in [2.75, 3.05) is 20.7 Å². The quantitative estimate of drug-likeness (QED) is 0.468. The molecule has 6 aliphatic rings. The summed E-state index contributed by atoms with van der Waals surface area (Å²) in [6.07, 6.45) is 12.2. The van der Waals surface area contributed by atoms with Gasteiger partial charge in [-0.2, -0.15) is 0 Å². The highest BCUT2D eigenvalue weighted by molar-refractivity contribution is 5.41. The summed E-state index contributed by atoms with van der Waals surface area (Å²) in [7, 11) is 4.62. The minimum absolute atomic E-state index is 0. The summed E-state index contributed by atoms with van der Waals surface area (Å²) in [5.74, 6) is 3.99. The van der Waals surface area contributed by atoms with Gasteiger partial charge < -0.3 is 10.4 Å². The van der Waals surface area contributed by atoms with Gasteiger partial charge in [0.2, 0.25) is 0 Å². The van der Waals surface area contributed by atoms with E-state index in [1.807, 2.05) is 0 Å². The minimum atomic E-state index is 0. The lowest BCUT2D eigenvalue weighted by Crippen LogP contribution is -2.59. The van der Waals surface area contributed by atoms with Crippen LogP contribution in [0.2, 0.25) is 0 Å². The molecule has 0 aromatic rings. The van der Waals surface area contributed by atoms with E-state index in [1.54, 1.807) is 32.6 Å². The lowest BCUT2D eigenvalue weighted by atomic mass is 9.52. The van der Waals surface area contributed by atoms with Crippen molar-refractivity contribution in [2.24, 2.45) is 50.7 Å². The third-order valence-corrected chi connectivity index (χ3v) is 13.8. The molecular formula is C31H60N2O. The van der Waals surface area contributed by atoms with E-state index in [4.69, 9.17) is 5.11 Å². The molecule has 0 amide bonds. The Balaban J connectivity index is 0.000000690. The first-order valence-electron chi connectivity index (χ1n) is 14.8. The van der Waals surface area contributed by atoms with Crippen molar-refractivity contribution in [3.8, 4) is 0 Å². The van der Waals surface area contributed by atoms with Crippen LogP contribution >= 0.6 is 0 Å². The lowest BCUT2D eigenvalue weighted by molar-refractivity contribution is -0.0894. The van der Waals surface area contributed by atoms with E-state index < -0.39 is 0 Å². The maximum Gasteiger partial charge on any atom is 0.0402 e. The standard InChI is InChI=1S/C29H50N2.C2H6O.2H2/c1-18(30-8)19-10-13-29-20-16-21-25(5,6)22(31(9)24(2,3)4)11-12-27(21)17-28(27,23(20)29)15-14-26(19,29)7;1-2-3;;/h18-23,30H,10-17H2,1-9H3;3H,2H2,1H3;2*1H/t18-,19?,20?,21-,22-,23+,26+,27?,28?,29+;;;/m0.../s1. The first kappa shape index (κ1) is 25.5. The van der Waals surface area contributed by atoms with Crippen molar-refractivity contribution in [3.63, 3.8) is 0 Å². The highest BCUT2D eigenvalue weighted by Crippen LogP contribution is 2.98. The second-order valence-electron chi connectivity index (χ2n) is 15.5. The normalized spacial score (nSPS) is 52.4. The van der Waals surface area contributed by atoms with Crippen molar-refractivity contribution in [2.45, 2.75) is 124 Å². The number of hydrogen-bond acceptors (Lipinski definition) is 3. The Morgan fingerprint density at radius 2 is 1.71 bits per heavy atom. The van der Waals surface area contributed by atoms with Gasteiger partial charge in [0.1, 0.15) is 0 Å². The van der Waals surface area contributed by atoms with Gasteiger partial charge in [0.05, 0.1) is 0 Å². The number of nitrogens with zero attached hydrogens (tertiary/aromatic N) is 1. The number of rotatable bonds is 3. The zero-order valence-corrected chi connectivity index (χ0v) is 24.2. The summed E-state index contributed by atoms with van der Waals surface area (Å²) in [4.78, 5) is 2.75. The van der Waals surface area contributed by atoms with Gasteiger partial charge in [-0.25, -0.2) is 0 Å². The van der Waals surface area contributed by atoms with E-state index in [1.165, 1.54) is 25.7 Å². The number of aliphatic hydroxyl groups is 1. The van der Waals surface area contributed by atoms with Crippen LogP contribution in [-0.2, 0) is 0 Å². The fraction of sp³-hybridized carbons (Fsp3) is 1.00. The molecule has 6 saturated carbocycles. The summed E-state index contributed by atoms with van der Waals surface area (Å²) in [5.41, 5.74) is 3.47. The molecule has 6 rings (SSSR count). The molecule has 4 unspecified atom stereocenters. The van der Waals surface area contributed by atoms with Crippen molar-refractivity contribution in [1.82, 2.24) is 10.2 Å². The maximum atomic E-state index is 7.57. The van der Waals surface area contributed by atoms with Crippen LogP contribution in [0.4, 0.5) is 0 Å². The summed E-state index contributed by atoms with van der Waals surface area (Å²) in [6, 6.07) is 1.42. The van der Waals surface area contributed by atoms with Crippen LogP contribution in [-0.4, -0.2) is 48.3 Å². The molecule has 0 bridgehead atoms. The fourth-order valence-corrected chi connectivity index (χ4v) is 12.2. The van der Waals surface area contributed by atoms with E-state index >= 15 is 0 Å².